The first-order valence-electron chi connectivity index (χ1n) is 10.2. The number of anilines is 1. The summed E-state index contributed by atoms with van der Waals surface area (Å²) in [6, 6.07) is 14.3. The predicted molar refractivity (Wildman–Crippen MR) is 125 cm³/mol. The second-order valence-electron chi connectivity index (χ2n) is 7.34. The van der Waals surface area contributed by atoms with Gasteiger partial charge in [0.25, 0.3) is 11.8 Å². The van der Waals surface area contributed by atoms with Crippen LogP contribution in [-0.2, 0) is 6.42 Å². The van der Waals surface area contributed by atoms with Crippen molar-refractivity contribution in [3.8, 4) is 5.75 Å². The van der Waals surface area contributed by atoms with Gasteiger partial charge in [0, 0.05) is 22.0 Å². The van der Waals surface area contributed by atoms with Gasteiger partial charge in [-0.2, -0.15) is 5.10 Å². The fraction of sp³-hybridized carbons (Fsp3) is 0.208. The second-order valence-corrected chi connectivity index (χ2v) is 8.20. The van der Waals surface area contributed by atoms with E-state index in [0.29, 0.717) is 46.9 Å². The molecule has 1 aliphatic carbocycles. The zero-order valence-electron chi connectivity index (χ0n) is 17.7. The van der Waals surface area contributed by atoms with Gasteiger partial charge in [-0.05, 0) is 60.0 Å². The Balaban J connectivity index is 1.58. The molecule has 0 bridgehead atoms. The molecule has 0 saturated carbocycles. The number of rotatable bonds is 5. The molecule has 0 aliphatic heterocycles. The van der Waals surface area contributed by atoms with Crippen LogP contribution in [0.4, 0.5) is 5.69 Å². The van der Waals surface area contributed by atoms with Crippen LogP contribution >= 0.6 is 15.9 Å². The van der Waals surface area contributed by atoms with Crippen LogP contribution in [0.25, 0.3) is 0 Å². The van der Waals surface area contributed by atoms with Crippen molar-refractivity contribution in [3.63, 3.8) is 0 Å². The van der Waals surface area contributed by atoms with Crippen molar-refractivity contribution in [1.29, 1.82) is 0 Å². The average Bonchev–Trinajstić information content (AvgIpc) is 3.16. The van der Waals surface area contributed by atoms with Crippen molar-refractivity contribution in [2.45, 2.75) is 26.2 Å². The number of para-hydroxylation sites is 2. The van der Waals surface area contributed by atoms with Gasteiger partial charge in [-0.1, -0.05) is 24.3 Å². The molecule has 0 spiro atoms. The van der Waals surface area contributed by atoms with Crippen molar-refractivity contribution < 1.29 is 18.7 Å². The van der Waals surface area contributed by atoms with Gasteiger partial charge in [0.1, 0.15) is 11.5 Å². The van der Waals surface area contributed by atoms with Crippen LogP contribution in [0.5, 0.6) is 5.75 Å². The van der Waals surface area contributed by atoms with Crippen LogP contribution in [0.15, 0.2) is 62.5 Å². The van der Waals surface area contributed by atoms with Crippen molar-refractivity contribution in [1.82, 2.24) is 5.43 Å². The lowest BCUT2D eigenvalue weighted by atomic mass is 9.93. The summed E-state index contributed by atoms with van der Waals surface area (Å²) in [5.74, 6) is 0.726. The number of methoxy groups -OCH3 is 1. The minimum absolute atomic E-state index is 0.247. The van der Waals surface area contributed by atoms with Crippen LogP contribution in [0.2, 0.25) is 0 Å². The highest BCUT2D eigenvalue weighted by Crippen LogP contribution is 2.31. The van der Waals surface area contributed by atoms with E-state index in [9.17, 15) is 9.59 Å². The summed E-state index contributed by atoms with van der Waals surface area (Å²) in [6.45, 7) is 1.83. The Bertz CT molecular complexity index is 1220. The smallest absolute Gasteiger partial charge is 0.291 e. The van der Waals surface area contributed by atoms with E-state index in [-0.39, 0.29) is 17.6 Å². The molecule has 164 valence electrons. The van der Waals surface area contributed by atoms with Gasteiger partial charge in [-0.3, -0.25) is 9.59 Å². The number of hydrogen-bond donors (Lipinski definition) is 2. The molecule has 8 heteroatoms. The van der Waals surface area contributed by atoms with E-state index in [4.69, 9.17) is 9.15 Å². The predicted octanol–water partition coefficient (Wildman–Crippen LogP) is 5.08. The van der Waals surface area contributed by atoms with Crippen LogP contribution in [0.1, 0.15) is 50.6 Å². The zero-order chi connectivity index (χ0) is 22.7. The first-order valence-corrected chi connectivity index (χ1v) is 11.0. The lowest BCUT2D eigenvalue weighted by Crippen LogP contribution is -2.22. The molecule has 1 aliphatic rings. The van der Waals surface area contributed by atoms with Gasteiger partial charge < -0.3 is 14.5 Å². The Kier molecular flexibility index (Phi) is 6.41. The molecule has 2 N–H and O–H groups in total. The van der Waals surface area contributed by atoms with E-state index in [1.54, 1.807) is 30.3 Å². The number of hydrogen-bond acceptors (Lipinski definition) is 5. The van der Waals surface area contributed by atoms with E-state index in [2.05, 4.69) is 31.8 Å². The third-order valence-corrected chi connectivity index (χ3v) is 5.99. The van der Waals surface area contributed by atoms with Crippen molar-refractivity contribution in [2.24, 2.45) is 5.10 Å². The van der Waals surface area contributed by atoms with Gasteiger partial charge in [0.05, 0.1) is 24.1 Å². The number of ether oxygens (including phenoxy) is 1. The number of carbonyl (C=O) groups is 2. The summed E-state index contributed by atoms with van der Waals surface area (Å²) in [7, 11) is 1.51. The topological polar surface area (TPSA) is 92.9 Å². The van der Waals surface area contributed by atoms with E-state index in [0.717, 1.165) is 16.5 Å². The van der Waals surface area contributed by atoms with E-state index < -0.39 is 0 Å². The second kappa shape index (κ2) is 9.40. The van der Waals surface area contributed by atoms with Gasteiger partial charge in [-0.15, -0.1) is 0 Å². The average molecular weight is 496 g/mol. The number of hydrazone groups is 1. The highest BCUT2D eigenvalue weighted by atomic mass is 79.9. The van der Waals surface area contributed by atoms with Gasteiger partial charge in [0.2, 0.25) is 0 Å². The summed E-state index contributed by atoms with van der Waals surface area (Å²) in [6.07, 6.45) is 2.19. The number of benzene rings is 2. The largest absolute Gasteiger partial charge is 0.496 e. The summed E-state index contributed by atoms with van der Waals surface area (Å²) < 4.78 is 12.0. The number of furan rings is 1. The Labute approximate surface area is 194 Å². The molecule has 1 aromatic heterocycles. The molecule has 0 radical (unpaired) electrons. The lowest BCUT2D eigenvalue weighted by molar-refractivity contribution is 0.0950. The third-order valence-electron chi connectivity index (χ3n) is 5.30. The molecule has 7 nitrogen and oxygen atoms in total. The maximum atomic E-state index is 12.9. The molecule has 0 saturated heterocycles. The Morgan fingerprint density at radius 3 is 2.59 bits per heavy atom. The van der Waals surface area contributed by atoms with Crippen LogP contribution in [0.3, 0.4) is 0 Å². The molecule has 2 aromatic carbocycles. The number of fused-ring (bicyclic) bond motifs is 1. The number of halogens is 1. The van der Waals surface area contributed by atoms with E-state index >= 15 is 0 Å². The summed E-state index contributed by atoms with van der Waals surface area (Å²) in [5, 5.41) is 7.24. The first kappa shape index (κ1) is 21.8. The normalized spacial score (nSPS) is 14.0. The molecule has 0 atom stereocenters. The van der Waals surface area contributed by atoms with Crippen LogP contribution in [-0.4, -0.2) is 24.6 Å². The number of nitrogens with zero attached hydrogens (tertiary/aromatic N) is 1. The van der Waals surface area contributed by atoms with Crippen molar-refractivity contribution >= 4 is 39.1 Å². The monoisotopic (exact) mass is 495 g/mol. The Morgan fingerprint density at radius 1 is 1.06 bits per heavy atom. The first-order chi connectivity index (χ1) is 15.5. The number of nitrogens with one attached hydrogen (secondary N) is 2. The van der Waals surface area contributed by atoms with Crippen molar-refractivity contribution in [2.75, 3.05) is 12.4 Å². The standard InChI is InChI=1S/C24H22BrN3O4/c1-14-21-18(27-28-23(29)15-8-3-6-12-19(15)31-2)11-7-13-20(21)32-22(14)24(30)26-17-10-5-4-9-16(17)25/h3-6,8-10,12H,7,11,13H2,1-2H3,(H,26,30)(H,28,29)/b27-18+. The van der Waals surface area contributed by atoms with Crippen LogP contribution < -0.4 is 15.5 Å². The van der Waals surface area contributed by atoms with Gasteiger partial charge in [0.15, 0.2) is 5.76 Å². The number of amides is 2. The number of carbonyl (C=O) groups excluding carboxylic acids is 2. The Morgan fingerprint density at radius 2 is 1.81 bits per heavy atom. The Hall–Kier alpha value is -3.39. The van der Waals surface area contributed by atoms with Gasteiger partial charge in [-0.25, -0.2) is 5.43 Å². The highest BCUT2D eigenvalue weighted by molar-refractivity contribution is 9.10. The summed E-state index contributed by atoms with van der Waals surface area (Å²) in [5.41, 5.74) is 5.85. The minimum Gasteiger partial charge on any atom is -0.496 e. The van der Waals surface area contributed by atoms with Gasteiger partial charge >= 0.3 is 0 Å². The highest BCUT2D eigenvalue weighted by Gasteiger charge is 2.28. The molecule has 32 heavy (non-hydrogen) atoms. The maximum Gasteiger partial charge on any atom is 0.291 e. The number of aryl methyl sites for hydroxylation is 1. The molecule has 4 rings (SSSR count). The maximum absolute atomic E-state index is 12.9. The molecule has 0 fully saturated rings. The molecule has 2 amide bonds. The molecular formula is C24H22BrN3O4. The lowest BCUT2D eigenvalue weighted by Gasteiger charge is -2.14. The molecular weight excluding hydrogens is 474 g/mol. The van der Waals surface area contributed by atoms with Crippen LogP contribution in [0, 0.1) is 6.92 Å². The van der Waals surface area contributed by atoms with Crippen molar-refractivity contribution in [3.05, 3.63) is 81.2 Å². The fourth-order valence-corrected chi connectivity index (χ4v) is 4.13. The summed E-state index contributed by atoms with van der Waals surface area (Å²) in [4.78, 5) is 25.5. The molecule has 1 heterocycles. The quantitative estimate of drug-likeness (QED) is 0.482. The molecule has 0 unspecified atom stereocenters. The third kappa shape index (κ3) is 4.31. The zero-order valence-corrected chi connectivity index (χ0v) is 19.3. The SMILES string of the molecule is COc1ccccc1C(=O)N/N=C1\CCCc2oc(C(=O)Nc3ccccc3Br)c(C)c21. The van der Waals surface area contributed by atoms with E-state index in [1.165, 1.54) is 7.11 Å². The minimum atomic E-state index is -0.366. The molecule has 3 aromatic rings. The van der Waals surface area contributed by atoms with E-state index in [1.807, 2.05) is 25.1 Å². The summed E-state index contributed by atoms with van der Waals surface area (Å²) >= 11 is 3.43. The fourth-order valence-electron chi connectivity index (χ4n) is 3.75.